The highest BCUT2D eigenvalue weighted by molar-refractivity contribution is 6.39. The van der Waals surface area contributed by atoms with Crippen LogP contribution in [0.25, 0.3) is 11.1 Å². The molecule has 14 nitrogen and oxygen atoms in total. The average Bonchev–Trinajstić information content (AvgIpc) is 3.12. The number of amides is 2. The van der Waals surface area contributed by atoms with E-state index in [1.807, 2.05) is 0 Å². The highest BCUT2D eigenvalue weighted by atomic mass is 35.5. The van der Waals surface area contributed by atoms with E-state index < -0.39 is 35.5 Å². The molecule has 0 spiro atoms. The Bertz CT molecular complexity index is 2010. The van der Waals surface area contributed by atoms with E-state index in [1.165, 1.54) is 42.3 Å². The van der Waals surface area contributed by atoms with Gasteiger partial charge in [0.05, 0.1) is 55.5 Å². The fourth-order valence-corrected chi connectivity index (χ4v) is 5.19. The van der Waals surface area contributed by atoms with Gasteiger partial charge in [0.25, 0.3) is 11.8 Å². The normalized spacial score (nSPS) is 12.2. The number of carbonyl (C=O) groups excluding carboxylic acids is 4. The summed E-state index contributed by atoms with van der Waals surface area (Å²) in [6.45, 7) is 2.45. The van der Waals surface area contributed by atoms with Crippen LogP contribution in [0.4, 0.5) is 22.7 Å². The van der Waals surface area contributed by atoms with Crippen LogP contribution in [0.5, 0.6) is 23.0 Å². The van der Waals surface area contributed by atoms with Crippen LogP contribution >= 0.6 is 23.2 Å². The number of rotatable bonds is 15. The highest BCUT2D eigenvalue weighted by Crippen LogP contribution is 2.39. The second-order valence-corrected chi connectivity index (χ2v) is 11.7. The molecular formula is C36H34Cl2N6O8. The number of ether oxygens (including phenoxy) is 4. The average molecular weight is 750 g/mol. The first kappa shape index (κ1) is 38.9. The Morgan fingerprint density at radius 2 is 1.02 bits per heavy atom. The molecule has 0 aliphatic heterocycles. The first-order valence-electron chi connectivity index (χ1n) is 15.4. The monoisotopic (exact) mass is 748 g/mol. The summed E-state index contributed by atoms with van der Waals surface area (Å²) in [6.07, 6.45) is 0. The number of nitrogens with zero attached hydrogens (tertiary/aromatic N) is 4. The first-order valence-corrected chi connectivity index (χ1v) is 16.1. The van der Waals surface area contributed by atoms with Crippen LogP contribution in [-0.4, -0.2) is 63.9 Å². The number of azo groups is 2. The molecule has 0 aromatic heterocycles. The van der Waals surface area contributed by atoms with Gasteiger partial charge in [-0.2, -0.15) is 20.5 Å². The number of carbonyl (C=O) groups is 4. The lowest BCUT2D eigenvalue weighted by molar-refractivity contribution is -0.127. The van der Waals surface area contributed by atoms with Crippen molar-refractivity contribution in [1.29, 1.82) is 0 Å². The summed E-state index contributed by atoms with van der Waals surface area (Å²) in [6, 6.07) is 16.5. The quantitative estimate of drug-likeness (QED) is 0.0905. The van der Waals surface area contributed by atoms with E-state index in [2.05, 4.69) is 31.1 Å². The molecule has 0 saturated heterocycles. The molecule has 2 unspecified atom stereocenters. The maximum Gasteiger partial charge on any atom is 0.258 e. The summed E-state index contributed by atoms with van der Waals surface area (Å²) < 4.78 is 20.9. The second kappa shape index (κ2) is 17.9. The molecule has 16 heteroatoms. The Kier molecular flexibility index (Phi) is 13.4. The topological polar surface area (TPSA) is 179 Å². The summed E-state index contributed by atoms with van der Waals surface area (Å²) in [5, 5.41) is 21.6. The van der Waals surface area contributed by atoms with E-state index in [1.54, 1.807) is 72.8 Å². The van der Waals surface area contributed by atoms with Crippen LogP contribution in [0.2, 0.25) is 10.0 Å². The van der Waals surface area contributed by atoms with Gasteiger partial charge in [-0.25, -0.2) is 0 Å². The molecule has 2 atom stereocenters. The van der Waals surface area contributed by atoms with Crippen molar-refractivity contribution in [1.82, 2.24) is 0 Å². The molecular weight excluding hydrogens is 715 g/mol. The first-order chi connectivity index (χ1) is 24.9. The molecule has 4 aromatic carbocycles. The number of anilines is 2. The predicted molar refractivity (Wildman–Crippen MR) is 196 cm³/mol. The van der Waals surface area contributed by atoms with Crippen molar-refractivity contribution in [2.45, 2.75) is 25.9 Å². The van der Waals surface area contributed by atoms with E-state index in [4.69, 9.17) is 42.1 Å². The van der Waals surface area contributed by atoms with Crippen LogP contribution in [0.3, 0.4) is 0 Å². The highest BCUT2D eigenvalue weighted by Gasteiger charge is 2.26. The molecule has 2 amide bonds. The fraction of sp³-hybridized carbons (Fsp3) is 0.222. The van der Waals surface area contributed by atoms with Crippen molar-refractivity contribution < 1.29 is 38.1 Å². The van der Waals surface area contributed by atoms with Gasteiger partial charge in [0.1, 0.15) is 28.7 Å². The van der Waals surface area contributed by atoms with Crippen molar-refractivity contribution in [3.8, 4) is 34.1 Å². The number of hydrogen-bond donors (Lipinski definition) is 2. The molecule has 270 valence electrons. The number of methoxy groups -OCH3 is 4. The molecule has 4 rings (SSSR count). The number of benzene rings is 4. The van der Waals surface area contributed by atoms with Crippen molar-refractivity contribution in [2.24, 2.45) is 20.5 Å². The Labute approximate surface area is 309 Å². The minimum Gasteiger partial charge on any atom is -0.497 e. The molecule has 0 heterocycles. The molecule has 0 bridgehead atoms. The van der Waals surface area contributed by atoms with Crippen LogP contribution in [0, 0.1) is 0 Å². The van der Waals surface area contributed by atoms with Crippen LogP contribution < -0.4 is 29.6 Å². The smallest absolute Gasteiger partial charge is 0.258 e. The molecule has 52 heavy (non-hydrogen) atoms. The minimum atomic E-state index is -1.50. The lowest BCUT2D eigenvalue weighted by Gasteiger charge is -2.14. The maximum absolute atomic E-state index is 13.0. The molecule has 0 fully saturated rings. The van der Waals surface area contributed by atoms with Gasteiger partial charge in [-0.1, -0.05) is 35.3 Å². The van der Waals surface area contributed by atoms with Crippen LogP contribution in [0.15, 0.2) is 93.3 Å². The minimum absolute atomic E-state index is 0.0550. The van der Waals surface area contributed by atoms with Crippen LogP contribution in [-0.2, 0) is 19.2 Å². The zero-order valence-corrected chi connectivity index (χ0v) is 30.4. The summed E-state index contributed by atoms with van der Waals surface area (Å²) in [5.41, 5.74) is 2.36. The Morgan fingerprint density at radius 1 is 0.577 bits per heavy atom. The largest absolute Gasteiger partial charge is 0.497 e. The molecule has 0 radical (unpaired) electrons. The third kappa shape index (κ3) is 9.68. The zero-order valence-electron chi connectivity index (χ0n) is 28.9. The third-order valence-electron chi connectivity index (χ3n) is 7.38. The Hall–Kier alpha value is -5.86. The molecule has 0 aliphatic carbocycles. The molecule has 2 N–H and O–H groups in total. The third-order valence-corrected chi connectivity index (χ3v) is 7.96. The summed E-state index contributed by atoms with van der Waals surface area (Å²) >= 11 is 13.0. The van der Waals surface area contributed by atoms with Gasteiger partial charge in [-0.15, -0.1) is 0 Å². The number of hydrogen-bond acceptors (Lipinski definition) is 12. The SMILES string of the molecule is COc1ccc(NC(=O)C(N=Nc2ccc(-c3cc(Cl)c(N=NC(C(C)=O)C(=O)Nc4ccc(OC)cc4OC)c(Cl)c3)cc2)C(C)=O)c(OC)c1. The summed E-state index contributed by atoms with van der Waals surface area (Å²) in [5.74, 6) is -0.811. The van der Waals surface area contributed by atoms with E-state index in [9.17, 15) is 19.2 Å². The molecule has 0 saturated carbocycles. The standard InChI is InChI=1S/C36H34Cl2N6O8/c1-19(45)32(35(47)39-28-13-11-24(49-3)17-30(28)51-5)42-41-23-9-7-21(8-10-23)22-15-26(37)34(27(38)16-22)44-43-33(20(2)46)36(48)40-29-14-12-25(50-4)18-31(29)52-6/h7-18,32-33H,1-6H3,(H,39,47)(H,40,48). The van der Waals surface area contributed by atoms with Gasteiger partial charge < -0.3 is 29.6 Å². The second-order valence-electron chi connectivity index (χ2n) is 10.9. The number of nitrogens with one attached hydrogen (secondary N) is 2. The van der Waals surface area contributed by atoms with E-state index in [0.29, 0.717) is 51.2 Å². The van der Waals surface area contributed by atoms with Crippen molar-refractivity contribution in [3.63, 3.8) is 0 Å². The predicted octanol–water partition coefficient (Wildman–Crippen LogP) is 8.05. The van der Waals surface area contributed by atoms with Gasteiger partial charge in [0.15, 0.2) is 11.6 Å². The molecule has 0 aliphatic rings. The Balaban J connectivity index is 1.47. The van der Waals surface area contributed by atoms with Gasteiger partial charge in [0, 0.05) is 12.1 Å². The van der Waals surface area contributed by atoms with Crippen molar-refractivity contribution >= 4 is 69.3 Å². The van der Waals surface area contributed by atoms with Crippen LogP contribution in [0.1, 0.15) is 13.8 Å². The lowest BCUT2D eigenvalue weighted by atomic mass is 10.0. The number of halogens is 2. The number of ketones is 2. The molecule has 4 aromatic rings. The van der Waals surface area contributed by atoms with Gasteiger partial charge >= 0.3 is 0 Å². The Morgan fingerprint density at radius 3 is 1.42 bits per heavy atom. The fourth-order valence-electron chi connectivity index (χ4n) is 4.63. The summed E-state index contributed by atoms with van der Waals surface area (Å²) in [4.78, 5) is 50.6. The lowest BCUT2D eigenvalue weighted by Crippen LogP contribution is -2.32. The number of Topliss-reactive ketones (excluding diaryl/α,β-unsaturated/α-hetero) is 2. The van der Waals surface area contributed by atoms with Gasteiger partial charge in [0.2, 0.25) is 12.1 Å². The van der Waals surface area contributed by atoms with Crippen molar-refractivity contribution in [2.75, 3.05) is 39.1 Å². The summed E-state index contributed by atoms with van der Waals surface area (Å²) in [7, 11) is 5.86. The van der Waals surface area contributed by atoms with E-state index >= 15 is 0 Å². The van der Waals surface area contributed by atoms with E-state index in [0.717, 1.165) is 0 Å². The zero-order chi connectivity index (χ0) is 37.9. The van der Waals surface area contributed by atoms with Gasteiger partial charge in [-0.05, 0) is 73.5 Å². The maximum atomic E-state index is 13.0. The van der Waals surface area contributed by atoms with Crippen molar-refractivity contribution in [3.05, 3.63) is 82.8 Å². The van der Waals surface area contributed by atoms with Gasteiger partial charge in [-0.3, -0.25) is 19.2 Å². The van der Waals surface area contributed by atoms with E-state index in [-0.39, 0.29) is 15.7 Å².